The highest BCUT2D eigenvalue weighted by Gasteiger charge is 2.33. The second kappa shape index (κ2) is 5.22. The average Bonchev–Trinajstić information content (AvgIpc) is 2.17. The third kappa shape index (κ3) is 3.85. The molecule has 17 heavy (non-hydrogen) atoms. The average molecular weight is 374 g/mol. The van der Waals surface area contributed by atoms with E-state index in [2.05, 4.69) is 31.9 Å². The van der Waals surface area contributed by atoms with Gasteiger partial charge in [0.1, 0.15) is 0 Å². The molecule has 0 aromatic heterocycles. The number of benzene rings is 1. The van der Waals surface area contributed by atoms with Crippen LogP contribution in [0.2, 0.25) is 0 Å². The van der Waals surface area contributed by atoms with Gasteiger partial charge in [-0.05, 0) is 55.6 Å². The standard InChI is InChI=1S/C10H5Br2F3O2/c11-7-4-5(1-2-8(16)17)3-6(9(7)12)10(13,14)15/h1-4H,(H,16,17)/b2-1+. The van der Waals surface area contributed by atoms with Gasteiger partial charge in [-0.15, -0.1) is 0 Å². The maximum absolute atomic E-state index is 12.6. The molecule has 0 fully saturated rings. The molecule has 0 heterocycles. The number of hydrogen-bond acceptors (Lipinski definition) is 1. The molecule has 0 radical (unpaired) electrons. The Morgan fingerprint density at radius 1 is 1.29 bits per heavy atom. The van der Waals surface area contributed by atoms with Crippen molar-refractivity contribution in [2.75, 3.05) is 0 Å². The first kappa shape index (κ1) is 14.2. The van der Waals surface area contributed by atoms with Gasteiger partial charge in [-0.1, -0.05) is 0 Å². The first-order chi connectivity index (χ1) is 7.71. The summed E-state index contributed by atoms with van der Waals surface area (Å²) in [5.41, 5.74) is -0.716. The molecule has 0 spiro atoms. The highest BCUT2D eigenvalue weighted by molar-refractivity contribution is 9.13. The van der Waals surface area contributed by atoms with E-state index >= 15 is 0 Å². The summed E-state index contributed by atoms with van der Waals surface area (Å²) in [4.78, 5) is 10.3. The Morgan fingerprint density at radius 3 is 2.35 bits per heavy atom. The fraction of sp³-hybridized carbons (Fsp3) is 0.100. The van der Waals surface area contributed by atoms with E-state index in [4.69, 9.17) is 5.11 Å². The van der Waals surface area contributed by atoms with Crippen LogP contribution in [0.15, 0.2) is 27.2 Å². The Hall–Kier alpha value is -0.820. The fourth-order valence-corrected chi connectivity index (χ4v) is 2.01. The molecule has 0 amide bonds. The van der Waals surface area contributed by atoms with Crippen LogP contribution in [0.1, 0.15) is 11.1 Å². The van der Waals surface area contributed by atoms with Gasteiger partial charge in [0.15, 0.2) is 0 Å². The van der Waals surface area contributed by atoms with Crippen molar-refractivity contribution in [3.8, 4) is 0 Å². The minimum Gasteiger partial charge on any atom is -0.478 e. The first-order valence-electron chi connectivity index (χ1n) is 4.19. The molecule has 7 heteroatoms. The molecule has 0 saturated carbocycles. The van der Waals surface area contributed by atoms with Crippen molar-refractivity contribution in [3.63, 3.8) is 0 Å². The number of alkyl halides is 3. The second-order valence-corrected chi connectivity index (χ2v) is 4.68. The number of aliphatic carboxylic acids is 1. The third-order valence-corrected chi connectivity index (χ3v) is 3.79. The first-order valence-corrected chi connectivity index (χ1v) is 5.77. The molecule has 1 aromatic carbocycles. The van der Waals surface area contributed by atoms with Crippen LogP contribution >= 0.6 is 31.9 Å². The summed E-state index contributed by atoms with van der Waals surface area (Å²) in [6.07, 6.45) is -2.64. The van der Waals surface area contributed by atoms with E-state index in [9.17, 15) is 18.0 Å². The number of carboxylic acid groups (broad SMARTS) is 1. The van der Waals surface area contributed by atoms with Gasteiger partial charge >= 0.3 is 12.1 Å². The predicted molar refractivity (Wildman–Crippen MR) is 63.5 cm³/mol. The molecule has 0 bridgehead atoms. The van der Waals surface area contributed by atoms with Crippen LogP contribution in [0.3, 0.4) is 0 Å². The minimum atomic E-state index is -4.51. The van der Waals surface area contributed by atoms with Crippen LogP contribution in [-0.2, 0) is 11.0 Å². The molecule has 0 aliphatic carbocycles. The number of carboxylic acids is 1. The number of rotatable bonds is 2. The van der Waals surface area contributed by atoms with Gasteiger partial charge in [0.2, 0.25) is 0 Å². The summed E-state index contributed by atoms with van der Waals surface area (Å²) in [7, 11) is 0. The molecule has 0 saturated heterocycles. The predicted octanol–water partition coefficient (Wildman–Crippen LogP) is 4.33. The van der Waals surface area contributed by atoms with E-state index in [1.165, 1.54) is 6.07 Å². The maximum atomic E-state index is 12.6. The normalized spacial score (nSPS) is 12.1. The molecule has 0 aliphatic rings. The van der Waals surface area contributed by atoms with Crippen molar-refractivity contribution >= 4 is 43.9 Å². The van der Waals surface area contributed by atoms with Gasteiger partial charge in [0, 0.05) is 15.0 Å². The summed E-state index contributed by atoms with van der Waals surface area (Å²) in [5.74, 6) is -1.22. The van der Waals surface area contributed by atoms with Crippen LogP contribution in [-0.4, -0.2) is 11.1 Å². The van der Waals surface area contributed by atoms with Crippen LogP contribution < -0.4 is 0 Å². The molecule has 1 aromatic rings. The molecule has 2 nitrogen and oxygen atoms in total. The smallest absolute Gasteiger partial charge is 0.417 e. The van der Waals surface area contributed by atoms with E-state index in [0.717, 1.165) is 18.2 Å². The van der Waals surface area contributed by atoms with Crippen molar-refractivity contribution in [1.82, 2.24) is 0 Å². The number of halogens is 5. The molecule has 1 rings (SSSR count). The topological polar surface area (TPSA) is 37.3 Å². The van der Waals surface area contributed by atoms with Crippen LogP contribution in [0.4, 0.5) is 13.2 Å². The van der Waals surface area contributed by atoms with Crippen molar-refractivity contribution in [2.45, 2.75) is 6.18 Å². The van der Waals surface area contributed by atoms with Gasteiger partial charge in [0.25, 0.3) is 0 Å². The molecule has 1 N–H and O–H groups in total. The molecular weight excluding hydrogens is 369 g/mol. The Morgan fingerprint density at radius 2 is 1.88 bits per heavy atom. The van der Waals surface area contributed by atoms with Gasteiger partial charge in [-0.2, -0.15) is 13.2 Å². The second-order valence-electron chi connectivity index (χ2n) is 3.03. The Kier molecular flexibility index (Phi) is 4.37. The van der Waals surface area contributed by atoms with Gasteiger partial charge in [-0.25, -0.2) is 4.79 Å². The highest BCUT2D eigenvalue weighted by Crippen LogP contribution is 2.39. The van der Waals surface area contributed by atoms with E-state index < -0.39 is 17.7 Å². The summed E-state index contributed by atoms with van der Waals surface area (Å²) < 4.78 is 37.9. The zero-order chi connectivity index (χ0) is 13.2. The summed E-state index contributed by atoms with van der Waals surface area (Å²) in [6.45, 7) is 0. The largest absolute Gasteiger partial charge is 0.478 e. The maximum Gasteiger partial charge on any atom is 0.417 e. The van der Waals surface area contributed by atoms with E-state index in [1.807, 2.05) is 0 Å². The quantitative estimate of drug-likeness (QED) is 0.783. The van der Waals surface area contributed by atoms with E-state index in [-0.39, 0.29) is 14.5 Å². The summed E-state index contributed by atoms with van der Waals surface area (Å²) in [5, 5.41) is 8.40. The molecule has 0 aliphatic heterocycles. The molecule has 0 atom stereocenters. The van der Waals surface area contributed by atoms with Crippen molar-refractivity contribution in [1.29, 1.82) is 0 Å². The van der Waals surface area contributed by atoms with Crippen molar-refractivity contribution in [3.05, 3.63) is 38.3 Å². The lowest BCUT2D eigenvalue weighted by Crippen LogP contribution is -2.06. The molecular formula is C10H5Br2F3O2. The van der Waals surface area contributed by atoms with Crippen LogP contribution in [0.25, 0.3) is 6.08 Å². The highest BCUT2D eigenvalue weighted by atomic mass is 79.9. The zero-order valence-electron chi connectivity index (χ0n) is 8.05. The Balaban J connectivity index is 3.29. The summed E-state index contributed by atoms with van der Waals surface area (Å²) >= 11 is 5.79. The van der Waals surface area contributed by atoms with Crippen molar-refractivity contribution in [2.24, 2.45) is 0 Å². The third-order valence-electron chi connectivity index (χ3n) is 1.77. The lowest BCUT2D eigenvalue weighted by atomic mass is 10.1. The summed E-state index contributed by atoms with van der Waals surface area (Å²) in [6, 6.07) is 2.26. The lowest BCUT2D eigenvalue weighted by Gasteiger charge is -2.11. The van der Waals surface area contributed by atoms with Crippen LogP contribution in [0.5, 0.6) is 0 Å². The van der Waals surface area contributed by atoms with Gasteiger partial charge in [-0.3, -0.25) is 0 Å². The Labute approximate surface area is 111 Å². The molecule has 92 valence electrons. The number of hydrogen-bond donors (Lipinski definition) is 1. The van der Waals surface area contributed by atoms with E-state index in [0.29, 0.717) is 0 Å². The van der Waals surface area contributed by atoms with Gasteiger partial charge in [0.05, 0.1) is 5.56 Å². The van der Waals surface area contributed by atoms with Gasteiger partial charge < -0.3 is 5.11 Å². The van der Waals surface area contributed by atoms with Crippen molar-refractivity contribution < 1.29 is 23.1 Å². The Bertz CT molecular complexity index is 481. The molecule has 0 unspecified atom stereocenters. The lowest BCUT2D eigenvalue weighted by molar-refractivity contribution is -0.138. The minimum absolute atomic E-state index is 0.113. The number of carbonyl (C=O) groups is 1. The monoisotopic (exact) mass is 372 g/mol. The van der Waals surface area contributed by atoms with E-state index in [1.54, 1.807) is 0 Å². The zero-order valence-corrected chi connectivity index (χ0v) is 11.2. The van der Waals surface area contributed by atoms with Crippen LogP contribution in [0, 0.1) is 0 Å². The fourth-order valence-electron chi connectivity index (χ4n) is 1.08. The SMILES string of the molecule is O=C(O)/C=C/c1cc(Br)c(Br)c(C(F)(F)F)c1.